The molecule has 29 heavy (non-hydrogen) atoms. The molecule has 1 spiro atoms. The van der Waals surface area contributed by atoms with Crippen molar-refractivity contribution in [1.82, 2.24) is 24.6 Å². The highest BCUT2D eigenvalue weighted by Gasteiger charge is 2.59. The van der Waals surface area contributed by atoms with Gasteiger partial charge in [-0.3, -0.25) is 24.0 Å². The van der Waals surface area contributed by atoms with E-state index in [1.165, 1.54) is 6.20 Å². The molecule has 0 aliphatic carbocycles. The van der Waals surface area contributed by atoms with Gasteiger partial charge in [0.1, 0.15) is 11.1 Å². The quantitative estimate of drug-likeness (QED) is 0.677. The largest absolute Gasteiger partial charge is 0.329 e. The Labute approximate surface area is 165 Å². The maximum Gasteiger partial charge on any atom is 0.272 e. The molecule has 2 aliphatic rings. The molecule has 9 heteroatoms. The lowest BCUT2D eigenvalue weighted by atomic mass is 9.73. The molecule has 2 aromatic heterocycles. The zero-order valence-electron chi connectivity index (χ0n) is 15.6. The molecule has 0 radical (unpaired) electrons. The number of nitrogens with zero attached hydrogens (tertiary/aromatic N) is 4. The lowest BCUT2D eigenvalue weighted by Gasteiger charge is -2.33. The summed E-state index contributed by atoms with van der Waals surface area (Å²) < 4.78 is 1.65. The summed E-state index contributed by atoms with van der Waals surface area (Å²) in [4.78, 5) is 46.2. The van der Waals surface area contributed by atoms with Crippen molar-refractivity contribution in [2.24, 2.45) is 7.05 Å². The van der Waals surface area contributed by atoms with Crippen molar-refractivity contribution < 1.29 is 9.59 Å². The number of aryl methyl sites for hydroxylation is 1. The second kappa shape index (κ2) is 6.13. The van der Waals surface area contributed by atoms with E-state index in [1.807, 2.05) is 30.5 Å². The fraction of sp³-hybridized carbons (Fsp3) is 0.250. The smallest absolute Gasteiger partial charge is 0.272 e. The first-order chi connectivity index (χ1) is 14.0. The SMILES string of the molecule is Cn1cc([C@@H]2N(C(=O)c3cncc(=O)[nH]3)CC[C@]23C(=O)Nc2ccccc23)cn1. The van der Waals surface area contributed by atoms with Crippen LogP contribution in [0.3, 0.4) is 0 Å². The Bertz CT molecular complexity index is 1200. The molecule has 0 bridgehead atoms. The second-order valence-corrected chi connectivity index (χ2v) is 7.38. The van der Waals surface area contributed by atoms with Gasteiger partial charge in [0.05, 0.1) is 24.6 Å². The van der Waals surface area contributed by atoms with Gasteiger partial charge in [-0.05, 0) is 18.1 Å². The fourth-order valence-electron chi connectivity index (χ4n) is 4.59. The van der Waals surface area contributed by atoms with Crippen LogP contribution in [0.1, 0.15) is 34.1 Å². The minimum atomic E-state index is -0.919. The Kier molecular flexibility index (Phi) is 3.67. The number of hydrogen-bond donors (Lipinski definition) is 2. The molecule has 9 nitrogen and oxygen atoms in total. The molecule has 2 aliphatic heterocycles. The summed E-state index contributed by atoms with van der Waals surface area (Å²) >= 11 is 0. The van der Waals surface area contributed by atoms with Gasteiger partial charge in [0.25, 0.3) is 11.5 Å². The van der Waals surface area contributed by atoms with Crippen LogP contribution in [-0.4, -0.2) is 43.0 Å². The molecular weight excluding hydrogens is 372 g/mol. The zero-order chi connectivity index (χ0) is 20.2. The van der Waals surface area contributed by atoms with Crippen LogP contribution in [-0.2, 0) is 17.3 Å². The third-order valence-electron chi connectivity index (χ3n) is 5.77. The van der Waals surface area contributed by atoms with Gasteiger partial charge >= 0.3 is 0 Å². The lowest BCUT2D eigenvalue weighted by molar-refractivity contribution is -0.121. The average molecular weight is 390 g/mol. The minimum absolute atomic E-state index is 0.0927. The summed E-state index contributed by atoms with van der Waals surface area (Å²) in [6.07, 6.45) is 6.40. The Hall–Kier alpha value is -3.75. The van der Waals surface area contributed by atoms with E-state index in [1.54, 1.807) is 22.8 Å². The molecular formula is C20H18N6O3. The van der Waals surface area contributed by atoms with Crippen molar-refractivity contribution in [2.75, 3.05) is 11.9 Å². The number of H-pyrrole nitrogens is 1. The van der Waals surface area contributed by atoms with Crippen LogP contribution in [0.2, 0.25) is 0 Å². The Morgan fingerprint density at radius 3 is 2.79 bits per heavy atom. The van der Waals surface area contributed by atoms with Gasteiger partial charge in [0.15, 0.2) is 0 Å². The van der Waals surface area contributed by atoms with E-state index in [4.69, 9.17) is 0 Å². The van der Waals surface area contributed by atoms with Crippen LogP contribution in [0.4, 0.5) is 5.69 Å². The third kappa shape index (κ3) is 2.43. The standard InChI is InChI=1S/C20H18N6O3/c1-25-11-12(8-22-25)17-20(13-4-2-3-5-14(13)24-19(20)29)6-7-26(17)18(28)15-9-21-10-16(27)23-15/h2-5,8-11,17H,6-7H2,1H3,(H,23,27)(H,24,29)/t17-,20+/m0/s1. The number of nitrogens with one attached hydrogen (secondary N) is 2. The molecule has 0 saturated carbocycles. The van der Waals surface area contributed by atoms with Gasteiger partial charge in [-0.2, -0.15) is 5.10 Å². The average Bonchev–Trinajstić information content (AvgIpc) is 3.39. The van der Waals surface area contributed by atoms with E-state index in [0.29, 0.717) is 13.0 Å². The number of hydrogen-bond acceptors (Lipinski definition) is 5. The van der Waals surface area contributed by atoms with E-state index in [-0.39, 0.29) is 17.5 Å². The van der Waals surface area contributed by atoms with Crippen LogP contribution in [0.25, 0.3) is 0 Å². The van der Waals surface area contributed by atoms with E-state index < -0.39 is 17.0 Å². The molecule has 1 fully saturated rings. The van der Waals surface area contributed by atoms with Crippen LogP contribution >= 0.6 is 0 Å². The number of rotatable bonds is 2. The highest BCUT2D eigenvalue weighted by Crippen LogP contribution is 2.54. The summed E-state index contributed by atoms with van der Waals surface area (Å²) in [7, 11) is 1.79. The Morgan fingerprint density at radius 1 is 1.21 bits per heavy atom. The highest BCUT2D eigenvalue weighted by atomic mass is 16.2. The molecule has 1 saturated heterocycles. The summed E-state index contributed by atoms with van der Waals surface area (Å²) in [5.74, 6) is -0.513. The van der Waals surface area contributed by atoms with Crippen molar-refractivity contribution in [1.29, 1.82) is 0 Å². The maximum absolute atomic E-state index is 13.3. The molecule has 4 heterocycles. The van der Waals surface area contributed by atoms with E-state index >= 15 is 0 Å². The highest BCUT2D eigenvalue weighted by molar-refractivity contribution is 6.08. The van der Waals surface area contributed by atoms with Gasteiger partial charge in [0.2, 0.25) is 5.91 Å². The van der Waals surface area contributed by atoms with E-state index in [0.717, 1.165) is 23.0 Å². The number of carbonyl (C=O) groups excluding carboxylic acids is 2. The molecule has 0 unspecified atom stereocenters. The summed E-state index contributed by atoms with van der Waals surface area (Å²) in [5, 5.41) is 7.23. The van der Waals surface area contributed by atoms with Crippen LogP contribution < -0.4 is 10.9 Å². The molecule has 5 rings (SSSR count). The number of carbonyl (C=O) groups is 2. The zero-order valence-corrected chi connectivity index (χ0v) is 15.6. The number of aromatic amines is 1. The summed E-state index contributed by atoms with van der Waals surface area (Å²) in [6, 6.07) is 7.00. The van der Waals surface area contributed by atoms with Gasteiger partial charge in [0, 0.05) is 31.0 Å². The first kappa shape index (κ1) is 17.4. The monoisotopic (exact) mass is 390 g/mol. The first-order valence-electron chi connectivity index (χ1n) is 9.25. The fourth-order valence-corrected chi connectivity index (χ4v) is 4.59. The van der Waals surface area contributed by atoms with Crippen molar-refractivity contribution in [2.45, 2.75) is 17.9 Å². The number of para-hydroxylation sites is 1. The molecule has 3 aromatic rings. The molecule has 146 valence electrons. The number of aromatic nitrogens is 4. The number of benzene rings is 1. The first-order valence-corrected chi connectivity index (χ1v) is 9.25. The van der Waals surface area contributed by atoms with Gasteiger partial charge in [-0.15, -0.1) is 0 Å². The predicted octanol–water partition coefficient (Wildman–Crippen LogP) is 0.981. The lowest BCUT2D eigenvalue weighted by Crippen LogP contribution is -2.43. The van der Waals surface area contributed by atoms with E-state index in [9.17, 15) is 14.4 Å². The van der Waals surface area contributed by atoms with Crippen molar-refractivity contribution in [3.8, 4) is 0 Å². The third-order valence-corrected chi connectivity index (χ3v) is 5.77. The van der Waals surface area contributed by atoms with Crippen LogP contribution in [0.5, 0.6) is 0 Å². The number of fused-ring (bicyclic) bond motifs is 2. The van der Waals surface area contributed by atoms with Gasteiger partial charge in [-0.1, -0.05) is 18.2 Å². The molecule has 1 aromatic carbocycles. The van der Waals surface area contributed by atoms with Gasteiger partial charge in [-0.25, -0.2) is 0 Å². The summed E-state index contributed by atoms with van der Waals surface area (Å²) in [5.41, 5.74) is 1.11. The number of amides is 2. The Morgan fingerprint density at radius 2 is 2.03 bits per heavy atom. The molecule has 2 N–H and O–H groups in total. The number of anilines is 1. The molecule has 2 atom stereocenters. The predicted molar refractivity (Wildman–Crippen MR) is 103 cm³/mol. The molecule has 2 amide bonds. The number of likely N-dealkylation sites (tertiary alicyclic amines) is 1. The van der Waals surface area contributed by atoms with Crippen molar-refractivity contribution in [3.63, 3.8) is 0 Å². The normalized spacial score (nSPS) is 22.7. The second-order valence-electron chi connectivity index (χ2n) is 7.38. The van der Waals surface area contributed by atoms with Crippen molar-refractivity contribution in [3.05, 3.63) is 76.2 Å². The maximum atomic E-state index is 13.3. The minimum Gasteiger partial charge on any atom is -0.329 e. The summed E-state index contributed by atoms with van der Waals surface area (Å²) in [6.45, 7) is 0.358. The van der Waals surface area contributed by atoms with Crippen LogP contribution in [0.15, 0.2) is 53.8 Å². The van der Waals surface area contributed by atoms with Crippen molar-refractivity contribution >= 4 is 17.5 Å². The van der Waals surface area contributed by atoms with E-state index in [2.05, 4.69) is 20.4 Å². The topological polar surface area (TPSA) is 113 Å². The Balaban J connectivity index is 1.67. The van der Waals surface area contributed by atoms with Gasteiger partial charge < -0.3 is 15.2 Å². The van der Waals surface area contributed by atoms with Crippen LogP contribution in [0, 0.1) is 0 Å².